The van der Waals surface area contributed by atoms with Crippen molar-refractivity contribution in [2.24, 2.45) is 5.73 Å². The summed E-state index contributed by atoms with van der Waals surface area (Å²) in [6.07, 6.45) is 7.01. The normalized spacial score (nSPS) is 39.0. The molecule has 1 saturated heterocycles. The predicted octanol–water partition coefficient (Wildman–Crippen LogP) is 0.745. The van der Waals surface area contributed by atoms with E-state index < -0.39 is 0 Å². The predicted molar refractivity (Wildman–Crippen MR) is 41.5 cm³/mol. The molecule has 2 heteroatoms. The molecule has 1 unspecified atom stereocenters. The lowest BCUT2D eigenvalue weighted by molar-refractivity contribution is 0.186. The van der Waals surface area contributed by atoms with Crippen LogP contribution >= 0.6 is 0 Å². The van der Waals surface area contributed by atoms with Crippen molar-refractivity contribution in [3.8, 4) is 0 Å². The van der Waals surface area contributed by atoms with E-state index in [-0.39, 0.29) is 0 Å². The highest BCUT2D eigenvalue weighted by Gasteiger charge is 2.36. The molecule has 2 rings (SSSR count). The molecule has 0 saturated carbocycles. The van der Waals surface area contributed by atoms with Gasteiger partial charge in [0.15, 0.2) is 0 Å². The fraction of sp³-hybridized carbons (Fsp3) is 0.750. The molecular weight excluding hydrogens is 124 g/mol. The van der Waals surface area contributed by atoms with Crippen LogP contribution in [0.25, 0.3) is 0 Å². The minimum atomic E-state index is 0.475. The first-order valence-corrected chi connectivity index (χ1v) is 4.00. The van der Waals surface area contributed by atoms with Crippen molar-refractivity contribution in [2.45, 2.75) is 31.2 Å². The molecule has 1 spiro atoms. The first kappa shape index (κ1) is 6.23. The van der Waals surface area contributed by atoms with Gasteiger partial charge in [-0.3, -0.25) is 0 Å². The Morgan fingerprint density at radius 3 is 2.70 bits per heavy atom. The van der Waals surface area contributed by atoms with E-state index in [9.17, 15) is 0 Å². The molecular formula is C8H14N2. The van der Waals surface area contributed by atoms with Crippen LogP contribution in [-0.2, 0) is 0 Å². The highest BCUT2D eigenvalue weighted by molar-refractivity contribution is 5.12. The zero-order chi connectivity index (χ0) is 7.03. The summed E-state index contributed by atoms with van der Waals surface area (Å²) >= 11 is 0. The van der Waals surface area contributed by atoms with Gasteiger partial charge in [0.05, 0.1) is 0 Å². The van der Waals surface area contributed by atoms with E-state index in [4.69, 9.17) is 5.73 Å². The van der Waals surface area contributed by atoms with Gasteiger partial charge in [-0.15, -0.1) is 0 Å². The molecule has 1 atom stereocenters. The smallest absolute Gasteiger partial charge is 0.0232 e. The first-order chi connectivity index (χ1) is 4.81. The quantitative estimate of drug-likeness (QED) is 0.518. The Balaban J connectivity index is 2.04. The molecule has 0 aromatic rings. The standard InChI is InChI=1S/C8H14N2/c9-7-1-3-8(4-2-7)5-6-10-8/h1,10H,2-6,9H2. The van der Waals surface area contributed by atoms with E-state index in [0.29, 0.717) is 5.54 Å². The van der Waals surface area contributed by atoms with Gasteiger partial charge >= 0.3 is 0 Å². The summed E-state index contributed by atoms with van der Waals surface area (Å²) in [6, 6.07) is 0. The van der Waals surface area contributed by atoms with Crippen molar-refractivity contribution in [2.75, 3.05) is 6.54 Å². The van der Waals surface area contributed by atoms with Gasteiger partial charge in [-0.05, 0) is 32.2 Å². The van der Waals surface area contributed by atoms with Crippen LogP contribution in [0.5, 0.6) is 0 Å². The maximum Gasteiger partial charge on any atom is 0.0232 e. The lowest BCUT2D eigenvalue weighted by Gasteiger charge is -2.45. The molecule has 10 heavy (non-hydrogen) atoms. The van der Waals surface area contributed by atoms with Crippen LogP contribution in [0.2, 0.25) is 0 Å². The molecule has 1 heterocycles. The van der Waals surface area contributed by atoms with Crippen molar-refractivity contribution >= 4 is 0 Å². The van der Waals surface area contributed by atoms with E-state index >= 15 is 0 Å². The maximum absolute atomic E-state index is 5.67. The zero-order valence-electron chi connectivity index (χ0n) is 6.19. The minimum Gasteiger partial charge on any atom is -0.402 e. The number of rotatable bonds is 0. The Morgan fingerprint density at radius 2 is 2.30 bits per heavy atom. The molecule has 1 aliphatic heterocycles. The fourth-order valence-corrected chi connectivity index (χ4v) is 1.78. The number of hydrogen-bond donors (Lipinski definition) is 2. The van der Waals surface area contributed by atoms with Crippen LogP contribution in [0.1, 0.15) is 25.7 Å². The third-order valence-corrected chi connectivity index (χ3v) is 2.75. The van der Waals surface area contributed by atoms with Gasteiger partial charge in [0.25, 0.3) is 0 Å². The van der Waals surface area contributed by atoms with Crippen molar-refractivity contribution < 1.29 is 0 Å². The SMILES string of the molecule is NC1=CCC2(CCN2)CC1. The third kappa shape index (κ3) is 0.833. The van der Waals surface area contributed by atoms with E-state index in [1.807, 2.05) is 0 Å². The zero-order valence-corrected chi connectivity index (χ0v) is 6.19. The summed E-state index contributed by atoms with van der Waals surface area (Å²) in [6.45, 7) is 1.20. The van der Waals surface area contributed by atoms with Gasteiger partial charge < -0.3 is 11.1 Å². The maximum atomic E-state index is 5.67. The Kier molecular flexibility index (Phi) is 1.24. The highest BCUT2D eigenvalue weighted by atomic mass is 15.0. The highest BCUT2D eigenvalue weighted by Crippen LogP contribution is 2.33. The lowest BCUT2D eigenvalue weighted by Crippen LogP contribution is -2.57. The summed E-state index contributed by atoms with van der Waals surface area (Å²) in [5, 5.41) is 3.48. The second kappa shape index (κ2) is 1.99. The number of nitrogens with two attached hydrogens (primary N) is 1. The van der Waals surface area contributed by atoms with Gasteiger partial charge in [-0.25, -0.2) is 0 Å². The van der Waals surface area contributed by atoms with E-state index in [0.717, 1.165) is 18.5 Å². The molecule has 1 aliphatic carbocycles. The third-order valence-electron chi connectivity index (χ3n) is 2.75. The van der Waals surface area contributed by atoms with Crippen LogP contribution in [0.3, 0.4) is 0 Å². The van der Waals surface area contributed by atoms with Crippen molar-refractivity contribution in [3.05, 3.63) is 11.8 Å². The Bertz CT molecular complexity index is 168. The molecule has 0 aromatic carbocycles. The van der Waals surface area contributed by atoms with E-state index in [1.165, 1.54) is 19.4 Å². The topological polar surface area (TPSA) is 38.0 Å². The molecule has 3 N–H and O–H groups in total. The molecule has 2 aliphatic rings. The molecule has 0 bridgehead atoms. The van der Waals surface area contributed by atoms with Gasteiger partial charge in [-0.2, -0.15) is 0 Å². The van der Waals surface area contributed by atoms with Crippen LogP contribution in [0, 0.1) is 0 Å². The monoisotopic (exact) mass is 138 g/mol. The molecule has 1 fully saturated rings. The molecule has 0 aromatic heterocycles. The van der Waals surface area contributed by atoms with Crippen LogP contribution in [-0.4, -0.2) is 12.1 Å². The van der Waals surface area contributed by atoms with Crippen molar-refractivity contribution in [1.82, 2.24) is 5.32 Å². The van der Waals surface area contributed by atoms with Gasteiger partial charge in [0.2, 0.25) is 0 Å². The molecule has 2 nitrogen and oxygen atoms in total. The molecule has 0 amide bonds. The van der Waals surface area contributed by atoms with E-state index in [1.54, 1.807) is 0 Å². The number of allylic oxidation sites excluding steroid dienone is 1. The van der Waals surface area contributed by atoms with Crippen LogP contribution < -0.4 is 11.1 Å². The Hall–Kier alpha value is -0.500. The summed E-state index contributed by atoms with van der Waals surface area (Å²) in [4.78, 5) is 0. The Labute approximate surface area is 61.5 Å². The van der Waals surface area contributed by atoms with Crippen molar-refractivity contribution in [1.29, 1.82) is 0 Å². The summed E-state index contributed by atoms with van der Waals surface area (Å²) < 4.78 is 0. The second-order valence-electron chi connectivity index (χ2n) is 3.44. The molecule has 56 valence electrons. The number of nitrogens with one attached hydrogen (secondary N) is 1. The second-order valence-corrected chi connectivity index (χ2v) is 3.44. The molecule has 0 radical (unpaired) electrons. The van der Waals surface area contributed by atoms with Crippen LogP contribution in [0.15, 0.2) is 11.8 Å². The number of hydrogen-bond acceptors (Lipinski definition) is 2. The summed E-state index contributed by atoms with van der Waals surface area (Å²) in [7, 11) is 0. The lowest BCUT2D eigenvalue weighted by atomic mass is 9.77. The largest absolute Gasteiger partial charge is 0.402 e. The van der Waals surface area contributed by atoms with E-state index in [2.05, 4.69) is 11.4 Å². The summed E-state index contributed by atoms with van der Waals surface area (Å²) in [5.74, 6) is 0. The van der Waals surface area contributed by atoms with Crippen LogP contribution in [0.4, 0.5) is 0 Å². The Morgan fingerprint density at radius 1 is 1.50 bits per heavy atom. The van der Waals surface area contributed by atoms with Gasteiger partial charge in [0.1, 0.15) is 0 Å². The van der Waals surface area contributed by atoms with Crippen molar-refractivity contribution in [3.63, 3.8) is 0 Å². The van der Waals surface area contributed by atoms with Gasteiger partial charge in [-0.1, -0.05) is 6.08 Å². The summed E-state index contributed by atoms with van der Waals surface area (Å²) in [5.41, 5.74) is 7.23. The fourth-order valence-electron chi connectivity index (χ4n) is 1.78. The first-order valence-electron chi connectivity index (χ1n) is 4.00. The van der Waals surface area contributed by atoms with Gasteiger partial charge in [0, 0.05) is 11.2 Å². The average molecular weight is 138 g/mol. The average Bonchev–Trinajstić information content (AvgIpc) is 1.86. The minimum absolute atomic E-state index is 0.475.